The van der Waals surface area contributed by atoms with Gasteiger partial charge < -0.3 is 15.4 Å². The molecular weight excluding hydrogens is 502 g/mol. The second-order valence-electron chi connectivity index (χ2n) is 10.9. The lowest BCUT2D eigenvalue weighted by Crippen LogP contribution is -2.53. The van der Waals surface area contributed by atoms with Crippen LogP contribution in [-0.2, 0) is 20.7 Å². The molecule has 0 aromatic heterocycles. The van der Waals surface area contributed by atoms with E-state index in [4.69, 9.17) is 11.2 Å². The molecule has 3 unspecified atom stereocenters. The zero-order chi connectivity index (χ0) is 29.4. The van der Waals surface area contributed by atoms with E-state index in [2.05, 4.69) is 16.7 Å². The molecule has 0 heterocycles. The number of hydrogen-bond acceptors (Lipinski definition) is 4. The molecule has 3 amide bonds. The molecule has 0 spiro atoms. The van der Waals surface area contributed by atoms with Crippen LogP contribution in [0.25, 0.3) is 10.8 Å². The van der Waals surface area contributed by atoms with Crippen molar-refractivity contribution in [1.82, 2.24) is 10.2 Å². The lowest BCUT2D eigenvalue weighted by Gasteiger charge is -2.32. The number of anilines is 1. The number of terminal acetylenes is 1. The fourth-order valence-electron chi connectivity index (χ4n) is 4.36. The molecule has 3 aromatic carbocycles. The number of ether oxygens (including phenoxy) is 1. The molecule has 0 fully saturated rings. The molecule has 3 aromatic rings. The Balaban J connectivity index is 1.99. The Kier molecular flexibility index (Phi) is 9.95. The van der Waals surface area contributed by atoms with Crippen molar-refractivity contribution in [2.45, 2.75) is 72.1 Å². The van der Waals surface area contributed by atoms with Gasteiger partial charge in [0.2, 0.25) is 0 Å². The number of fused-ring (bicyclic) bond motifs is 1. The van der Waals surface area contributed by atoms with Crippen molar-refractivity contribution in [3.63, 3.8) is 0 Å². The lowest BCUT2D eigenvalue weighted by molar-refractivity contribution is -0.137. The molecule has 0 aliphatic rings. The Bertz CT molecular complexity index is 1390. The van der Waals surface area contributed by atoms with Gasteiger partial charge in [-0.2, -0.15) is 0 Å². The van der Waals surface area contributed by atoms with E-state index in [9.17, 15) is 14.4 Å². The first-order valence-corrected chi connectivity index (χ1v) is 13.6. The predicted octanol–water partition coefficient (Wildman–Crippen LogP) is 6.44. The molecule has 3 rings (SSSR count). The van der Waals surface area contributed by atoms with E-state index in [0.717, 1.165) is 27.7 Å². The standard InChI is InChI=1S/C33H39N3O4/c1-8-22(4)28(35-32(39)40-33(5,6)7)31(38)36(10-3)29(25-17-15-23(9-2)16-18-25)30(37)34-27-20-19-24-13-11-12-14-26(24)21-27/h3,11-22,28-29H,8-9H2,1-2,4-7H3,(H,34,37)(H,35,39). The van der Waals surface area contributed by atoms with E-state index in [1.54, 1.807) is 32.9 Å². The minimum absolute atomic E-state index is 0.275. The number of alkyl carbamates (subject to hydrolysis) is 1. The summed E-state index contributed by atoms with van der Waals surface area (Å²) in [7, 11) is 0. The van der Waals surface area contributed by atoms with Crippen molar-refractivity contribution in [1.29, 1.82) is 0 Å². The predicted molar refractivity (Wildman–Crippen MR) is 159 cm³/mol. The van der Waals surface area contributed by atoms with Crippen molar-refractivity contribution in [3.8, 4) is 12.5 Å². The molecule has 7 heteroatoms. The zero-order valence-electron chi connectivity index (χ0n) is 24.2. The maximum Gasteiger partial charge on any atom is 0.408 e. The van der Waals surface area contributed by atoms with Gasteiger partial charge in [0, 0.05) is 11.7 Å². The van der Waals surface area contributed by atoms with Gasteiger partial charge in [0.1, 0.15) is 17.7 Å². The number of nitrogens with one attached hydrogen (secondary N) is 2. The largest absolute Gasteiger partial charge is 0.444 e. The number of nitrogens with zero attached hydrogens (tertiary/aromatic N) is 1. The quantitative estimate of drug-likeness (QED) is 0.241. The summed E-state index contributed by atoms with van der Waals surface area (Å²) in [6.45, 7) is 11.0. The van der Waals surface area contributed by atoms with E-state index in [1.807, 2.05) is 75.4 Å². The first-order chi connectivity index (χ1) is 19.0. The average molecular weight is 542 g/mol. The number of hydrogen-bond donors (Lipinski definition) is 2. The van der Waals surface area contributed by atoms with Gasteiger partial charge in [-0.25, -0.2) is 4.79 Å². The zero-order valence-corrected chi connectivity index (χ0v) is 24.2. The molecule has 0 aliphatic carbocycles. The summed E-state index contributed by atoms with van der Waals surface area (Å²) in [6.07, 6.45) is 6.60. The number of carbonyl (C=O) groups is 3. The summed E-state index contributed by atoms with van der Waals surface area (Å²) in [5.41, 5.74) is 1.47. The van der Waals surface area contributed by atoms with E-state index < -0.39 is 35.6 Å². The first-order valence-electron chi connectivity index (χ1n) is 13.6. The summed E-state index contributed by atoms with van der Waals surface area (Å²) in [5, 5.41) is 7.64. The molecular formula is C33H39N3O4. The van der Waals surface area contributed by atoms with Crippen LogP contribution in [0.4, 0.5) is 10.5 Å². The molecule has 7 nitrogen and oxygen atoms in total. The third kappa shape index (κ3) is 7.63. The van der Waals surface area contributed by atoms with Crippen LogP contribution in [0.3, 0.4) is 0 Å². The Labute approximate surface area is 237 Å². The number of rotatable bonds is 9. The molecule has 0 radical (unpaired) electrons. The molecule has 3 atom stereocenters. The summed E-state index contributed by atoms with van der Waals surface area (Å²) >= 11 is 0. The fraction of sp³-hybridized carbons (Fsp3) is 0.364. The SMILES string of the molecule is C#CN(C(=O)C(NC(=O)OC(C)(C)C)C(C)CC)C(C(=O)Nc1ccc2ccccc2c1)c1ccc(CC)cc1. The Hall–Kier alpha value is -4.31. The Morgan fingerprint density at radius 1 is 0.975 bits per heavy atom. The minimum atomic E-state index is -1.14. The van der Waals surface area contributed by atoms with E-state index in [-0.39, 0.29) is 5.92 Å². The van der Waals surface area contributed by atoms with E-state index >= 15 is 0 Å². The van der Waals surface area contributed by atoms with Crippen LogP contribution in [0, 0.1) is 18.4 Å². The third-order valence-corrected chi connectivity index (χ3v) is 6.76. The maximum absolute atomic E-state index is 14.0. The normalized spacial score (nSPS) is 13.4. The number of carbonyl (C=O) groups excluding carboxylic acids is 3. The third-order valence-electron chi connectivity index (χ3n) is 6.76. The molecule has 0 saturated carbocycles. The van der Waals surface area contributed by atoms with E-state index in [0.29, 0.717) is 17.7 Å². The van der Waals surface area contributed by atoms with Crippen LogP contribution in [0.2, 0.25) is 0 Å². The monoisotopic (exact) mass is 541 g/mol. The van der Waals surface area contributed by atoms with Crippen LogP contribution in [0.15, 0.2) is 66.7 Å². The Morgan fingerprint density at radius 3 is 2.20 bits per heavy atom. The first kappa shape index (κ1) is 30.2. The molecule has 40 heavy (non-hydrogen) atoms. The number of aryl methyl sites for hydroxylation is 1. The molecule has 0 saturated heterocycles. The molecule has 210 valence electrons. The van der Waals surface area contributed by atoms with Gasteiger partial charge in [-0.05, 0) is 67.1 Å². The minimum Gasteiger partial charge on any atom is -0.444 e. The van der Waals surface area contributed by atoms with Crippen molar-refractivity contribution >= 4 is 34.4 Å². The smallest absolute Gasteiger partial charge is 0.408 e. The van der Waals surface area contributed by atoms with Crippen LogP contribution < -0.4 is 10.6 Å². The van der Waals surface area contributed by atoms with E-state index in [1.165, 1.54) is 0 Å². The van der Waals surface area contributed by atoms with Gasteiger partial charge in [0.15, 0.2) is 0 Å². The van der Waals surface area contributed by atoms with Crippen LogP contribution in [0.1, 0.15) is 65.1 Å². The summed E-state index contributed by atoms with van der Waals surface area (Å²) in [5.74, 6) is -1.31. The highest BCUT2D eigenvalue weighted by atomic mass is 16.6. The number of amides is 3. The highest BCUT2D eigenvalue weighted by Crippen LogP contribution is 2.27. The van der Waals surface area contributed by atoms with Gasteiger partial charge in [0.25, 0.3) is 11.8 Å². The van der Waals surface area contributed by atoms with Gasteiger partial charge in [-0.3, -0.25) is 14.5 Å². The Morgan fingerprint density at radius 2 is 1.62 bits per heavy atom. The second kappa shape index (κ2) is 13.2. The summed E-state index contributed by atoms with van der Waals surface area (Å²) in [6, 6.07) is 21.2. The summed E-state index contributed by atoms with van der Waals surface area (Å²) in [4.78, 5) is 41.6. The lowest BCUT2D eigenvalue weighted by atomic mass is 9.95. The van der Waals surface area contributed by atoms with Gasteiger partial charge >= 0.3 is 6.09 Å². The van der Waals surface area contributed by atoms with Crippen LogP contribution in [-0.4, -0.2) is 34.5 Å². The van der Waals surface area contributed by atoms with Gasteiger partial charge in [-0.15, -0.1) is 0 Å². The molecule has 2 N–H and O–H groups in total. The average Bonchev–Trinajstić information content (AvgIpc) is 2.92. The van der Waals surface area contributed by atoms with Crippen molar-refractivity contribution in [3.05, 3.63) is 77.9 Å². The number of benzene rings is 3. The second-order valence-corrected chi connectivity index (χ2v) is 10.9. The van der Waals surface area contributed by atoms with Gasteiger partial charge in [-0.1, -0.05) is 88.2 Å². The van der Waals surface area contributed by atoms with Crippen molar-refractivity contribution in [2.75, 3.05) is 5.32 Å². The maximum atomic E-state index is 14.0. The fourth-order valence-corrected chi connectivity index (χ4v) is 4.36. The van der Waals surface area contributed by atoms with Gasteiger partial charge in [0.05, 0.1) is 0 Å². The molecule has 0 bridgehead atoms. The van der Waals surface area contributed by atoms with Crippen LogP contribution >= 0.6 is 0 Å². The van der Waals surface area contributed by atoms with Crippen molar-refractivity contribution in [2.24, 2.45) is 5.92 Å². The topological polar surface area (TPSA) is 87.7 Å². The van der Waals surface area contributed by atoms with Crippen molar-refractivity contribution < 1.29 is 19.1 Å². The summed E-state index contributed by atoms with van der Waals surface area (Å²) < 4.78 is 5.41. The molecule has 0 aliphatic heterocycles. The highest BCUT2D eigenvalue weighted by molar-refractivity contribution is 6.01. The van der Waals surface area contributed by atoms with Crippen LogP contribution in [0.5, 0.6) is 0 Å². The highest BCUT2D eigenvalue weighted by Gasteiger charge is 2.38.